The number of carbonyl (C=O) groups is 1. The molecule has 0 radical (unpaired) electrons. The van der Waals surface area contributed by atoms with E-state index in [0.29, 0.717) is 24.5 Å². The maximum absolute atomic E-state index is 12.7. The fraction of sp³-hybridized carbons (Fsp3) is 0.438. The Hall–Kier alpha value is -1.33. The molecule has 1 aliphatic rings. The minimum absolute atomic E-state index is 0.0387. The first-order chi connectivity index (χ1) is 10.3. The molecule has 0 heterocycles. The van der Waals surface area contributed by atoms with Crippen molar-refractivity contribution in [2.24, 2.45) is 5.92 Å². The first-order valence-corrected chi connectivity index (χ1v) is 9.44. The van der Waals surface area contributed by atoms with Crippen molar-refractivity contribution in [1.29, 1.82) is 0 Å². The van der Waals surface area contributed by atoms with Gasteiger partial charge >= 0.3 is 0 Å². The van der Waals surface area contributed by atoms with Crippen molar-refractivity contribution in [3.8, 4) is 0 Å². The lowest BCUT2D eigenvalue weighted by atomic mass is 10.00. The highest BCUT2D eigenvalue weighted by Crippen LogP contribution is 2.36. The summed E-state index contributed by atoms with van der Waals surface area (Å²) in [5.41, 5.74) is 0.662. The number of hydrogen-bond donors (Lipinski definition) is 0. The van der Waals surface area contributed by atoms with Gasteiger partial charge in [-0.1, -0.05) is 11.6 Å². The van der Waals surface area contributed by atoms with Crippen molar-refractivity contribution in [3.63, 3.8) is 0 Å². The Kier molecular flexibility index (Phi) is 5.29. The molecule has 2 rings (SSSR count). The highest BCUT2D eigenvalue weighted by atomic mass is 35.5. The molecule has 0 unspecified atom stereocenters. The van der Waals surface area contributed by atoms with Crippen molar-refractivity contribution < 1.29 is 17.9 Å². The molecule has 0 N–H and O–H groups in total. The summed E-state index contributed by atoms with van der Waals surface area (Å²) in [6.07, 6.45) is 5.33. The van der Waals surface area contributed by atoms with E-state index in [1.54, 1.807) is 0 Å². The molecule has 120 valence electrons. The van der Waals surface area contributed by atoms with E-state index in [1.807, 2.05) is 6.92 Å². The van der Waals surface area contributed by atoms with Crippen molar-refractivity contribution in [2.75, 3.05) is 12.9 Å². The van der Waals surface area contributed by atoms with E-state index in [-0.39, 0.29) is 21.3 Å². The number of ether oxygens (including phenoxy) is 1. The number of hydrogen-bond acceptors (Lipinski definition) is 4. The molecule has 1 aromatic rings. The van der Waals surface area contributed by atoms with Gasteiger partial charge in [0.25, 0.3) is 0 Å². The summed E-state index contributed by atoms with van der Waals surface area (Å²) in [6.45, 7) is 2.29. The summed E-state index contributed by atoms with van der Waals surface area (Å²) >= 11 is 5.87. The second-order valence-corrected chi connectivity index (χ2v) is 7.91. The van der Waals surface area contributed by atoms with Gasteiger partial charge in [-0.2, -0.15) is 0 Å². The number of rotatable bonds is 7. The largest absolute Gasteiger partial charge is 0.501 e. The Labute approximate surface area is 136 Å². The van der Waals surface area contributed by atoms with Gasteiger partial charge in [-0.05, 0) is 50.3 Å². The lowest BCUT2D eigenvalue weighted by Crippen LogP contribution is -2.11. The molecule has 1 aliphatic carbocycles. The van der Waals surface area contributed by atoms with Crippen molar-refractivity contribution in [2.45, 2.75) is 31.1 Å². The predicted octanol–water partition coefficient (Wildman–Crippen LogP) is 3.65. The Morgan fingerprint density at radius 1 is 1.41 bits per heavy atom. The number of Topliss-reactive ketones (excluding diaryl/α,β-unsaturated/α-hetero) is 1. The van der Waals surface area contributed by atoms with Gasteiger partial charge in [0.1, 0.15) is 0 Å². The van der Waals surface area contributed by atoms with Crippen LogP contribution >= 0.6 is 11.6 Å². The Balaban J connectivity index is 2.41. The highest BCUT2D eigenvalue weighted by Gasteiger charge is 2.28. The van der Waals surface area contributed by atoms with E-state index in [9.17, 15) is 13.2 Å². The molecule has 1 aromatic carbocycles. The summed E-state index contributed by atoms with van der Waals surface area (Å²) < 4.78 is 29.1. The number of halogens is 1. The SMILES string of the molecule is CCOC=C(CC1CC1)C(=O)c1ccc(Cl)cc1S(C)(=O)=O. The van der Waals surface area contributed by atoms with E-state index in [4.69, 9.17) is 16.3 Å². The number of benzene rings is 1. The van der Waals surface area contributed by atoms with Crippen LogP contribution in [0.3, 0.4) is 0 Å². The van der Waals surface area contributed by atoms with Crippen LogP contribution < -0.4 is 0 Å². The maximum atomic E-state index is 12.7. The van der Waals surface area contributed by atoms with Crippen LogP contribution in [-0.4, -0.2) is 27.1 Å². The lowest BCUT2D eigenvalue weighted by molar-refractivity contribution is 0.102. The Morgan fingerprint density at radius 2 is 2.09 bits per heavy atom. The summed E-state index contributed by atoms with van der Waals surface area (Å²) in [4.78, 5) is 12.7. The van der Waals surface area contributed by atoms with Gasteiger partial charge < -0.3 is 4.74 Å². The van der Waals surface area contributed by atoms with E-state index in [0.717, 1.165) is 19.1 Å². The minimum atomic E-state index is -3.54. The third kappa shape index (κ3) is 4.34. The quantitative estimate of drug-likeness (QED) is 0.431. The molecule has 1 fully saturated rings. The average Bonchev–Trinajstić information content (AvgIpc) is 3.25. The molecule has 0 spiro atoms. The molecule has 0 aliphatic heterocycles. The number of allylic oxidation sites excluding steroid dienone is 1. The Bertz CT molecular complexity index is 703. The van der Waals surface area contributed by atoms with Gasteiger partial charge in [0.15, 0.2) is 15.6 Å². The third-order valence-corrected chi connectivity index (χ3v) is 4.85. The number of sulfone groups is 1. The van der Waals surface area contributed by atoms with E-state index in [2.05, 4.69) is 0 Å². The zero-order valence-corrected chi connectivity index (χ0v) is 14.2. The maximum Gasteiger partial charge on any atom is 0.193 e. The first kappa shape index (κ1) is 17.0. The van der Waals surface area contributed by atoms with Crippen molar-refractivity contribution in [1.82, 2.24) is 0 Å². The lowest BCUT2D eigenvalue weighted by Gasteiger charge is -2.11. The second-order valence-electron chi connectivity index (χ2n) is 5.49. The van der Waals surface area contributed by atoms with Crippen LogP contribution in [0.5, 0.6) is 0 Å². The number of ketones is 1. The topological polar surface area (TPSA) is 60.4 Å². The number of carbonyl (C=O) groups excluding carboxylic acids is 1. The third-order valence-electron chi connectivity index (χ3n) is 3.48. The summed E-state index contributed by atoms with van der Waals surface area (Å²) in [6, 6.07) is 4.31. The van der Waals surface area contributed by atoms with Crippen LogP contribution in [0.25, 0.3) is 0 Å². The van der Waals surface area contributed by atoms with Crippen LogP contribution in [0.1, 0.15) is 36.5 Å². The van der Waals surface area contributed by atoms with E-state index in [1.165, 1.54) is 24.5 Å². The summed E-state index contributed by atoms with van der Waals surface area (Å²) in [7, 11) is -3.54. The van der Waals surface area contributed by atoms with Gasteiger partial charge in [0, 0.05) is 22.4 Å². The molecule has 4 nitrogen and oxygen atoms in total. The van der Waals surface area contributed by atoms with Gasteiger partial charge in [0.2, 0.25) is 0 Å². The smallest absolute Gasteiger partial charge is 0.193 e. The molecule has 22 heavy (non-hydrogen) atoms. The van der Waals surface area contributed by atoms with Gasteiger partial charge in [-0.25, -0.2) is 8.42 Å². The van der Waals surface area contributed by atoms with Crippen LogP contribution in [0.15, 0.2) is 34.9 Å². The molecule has 6 heteroatoms. The second kappa shape index (κ2) is 6.84. The summed E-state index contributed by atoms with van der Waals surface area (Å²) in [5.74, 6) is 0.182. The van der Waals surface area contributed by atoms with Crippen LogP contribution in [0.2, 0.25) is 5.02 Å². The van der Waals surface area contributed by atoms with E-state index >= 15 is 0 Å². The average molecular weight is 343 g/mol. The normalized spacial score (nSPS) is 15.7. The fourth-order valence-corrected chi connectivity index (χ4v) is 3.31. The molecule has 0 atom stereocenters. The Morgan fingerprint density at radius 3 is 2.64 bits per heavy atom. The molecule has 0 amide bonds. The predicted molar refractivity (Wildman–Crippen MR) is 85.9 cm³/mol. The van der Waals surface area contributed by atoms with Crippen molar-refractivity contribution >= 4 is 27.2 Å². The van der Waals surface area contributed by atoms with Crippen LogP contribution in [0, 0.1) is 5.92 Å². The zero-order valence-electron chi connectivity index (χ0n) is 12.6. The fourth-order valence-electron chi connectivity index (χ4n) is 2.17. The van der Waals surface area contributed by atoms with Gasteiger partial charge in [-0.3, -0.25) is 4.79 Å². The monoisotopic (exact) mass is 342 g/mol. The van der Waals surface area contributed by atoms with Crippen molar-refractivity contribution in [3.05, 3.63) is 40.6 Å². The standard InChI is InChI=1S/C16H19ClO4S/c1-3-21-10-12(8-11-4-5-11)16(18)14-7-6-13(17)9-15(14)22(2,19)20/h6-7,9-11H,3-5,8H2,1-2H3. The molecule has 0 bridgehead atoms. The highest BCUT2D eigenvalue weighted by molar-refractivity contribution is 7.90. The molecule has 1 saturated carbocycles. The van der Waals surface area contributed by atoms with Gasteiger partial charge in [0.05, 0.1) is 17.8 Å². The summed E-state index contributed by atoms with van der Waals surface area (Å²) in [5, 5.41) is 0.287. The molecular formula is C16H19ClO4S. The zero-order chi connectivity index (χ0) is 16.3. The molecule has 0 aromatic heterocycles. The van der Waals surface area contributed by atoms with Crippen LogP contribution in [-0.2, 0) is 14.6 Å². The minimum Gasteiger partial charge on any atom is -0.501 e. The molecular weight excluding hydrogens is 324 g/mol. The first-order valence-electron chi connectivity index (χ1n) is 7.18. The van der Waals surface area contributed by atoms with Gasteiger partial charge in [-0.15, -0.1) is 0 Å². The van der Waals surface area contributed by atoms with E-state index < -0.39 is 9.84 Å². The molecule has 0 saturated heterocycles. The van der Waals surface area contributed by atoms with Crippen LogP contribution in [0.4, 0.5) is 0 Å².